The molecule has 4 nitrogen and oxygen atoms in total. The third-order valence-electron chi connectivity index (χ3n) is 3.13. The summed E-state index contributed by atoms with van der Waals surface area (Å²) in [6.07, 6.45) is 2.40. The second kappa shape index (κ2) is 6.19. The molecule has 0 radical (unpaired) electrons. The van der Waals surface area contributed by atoms with Crippen molar-refractivity contribution in [2.45, 2.75) is 13.3 Å². The molecular weight excluding hydrogens is 254 g/mol. The van der Waals surface area contributed by atoms with Gasteiger partial charge in [-0.2, -0.15) is 0 Å². The Hall–Kier alpha value is -2.36. The summed E-state index contributed by atoms with van der Waals surface area (Å²) in [5.41, 5.74) is 1.96. The van der Waals surface area contributed by atoms with Crippen molar-refractivity contribution in [3.05, 3.63) is 53.3 Å². The normalized spacial score (nSPS) is 10.2. The molecule has 0 aliphatic rings. The molecule has 104 valence electrons. The Morgan fingerprint density at radius 3 is 2.55 bits per heavy atom. The summed E-state index contributed by atoms with van der Waals surface area (Å²) in [4.78, 5) is 16.7. The lowest BCUT2D eigenvalue weighted by Gasteiger charge is -2.10. The van der Waals surface area contributed by atoms with Crippen LogP contribution in [0, 0.1) is 0 Å². The molecule has 20 heavy (non-hydrogen) atoms. The van der Waals surface area contributed by atoms with Crippen LogP contribution in [0.1, 0.15) is 28.5 Å². The maximum atomic E-state index is 12.5. The fourth-order valence-corrected chi connectivity index (χ4v) is 2.04. The number of methoxy groups -OCH3 is 2. The number of benzene rings is 1. The zero-order valence-electron chi connectivity index (χ0n) is 11.8. The highest BCUT2D eigenvalue weighted by Gasteiger charge is 2.16. The van der Waals surface area contributed by atoms with E-state index in [1.54, 1.807) is 38.6 Å². The molecule has 1 aromatic carbocycles. The maximum absolute atomic E-state index is 12.5. The van der Waals surface area contributed by atoms with Crippen molar-refractivity contribution in [1.29, 1.82) is 0 Å². The van der Waals surface area contributed by atoms with Gasteiger partial charge < -0.3 is 9.47 Å². The predicted octanol–water partition coefficient (Wildman–Crippen LogP) is 2.89. The van der Waals surface area contributed by atoms with Crippen LogP contribution in [0.4, 0.5) is 0 Å². The summed E-state index contributed by atoms with van der Waals surface area (Å²) in [7, 11) is 3.11. The second-order valence-electron chi connectivity index (χ2n) is 4.26. The van der Waals surface area contributed by atoms with Crippen LogP contribution in [0.3, 0.4) is 0 Å². The minimum absolute atomic E-state index is 0.108. The van der Waals surface area contributed by atoms with Crippen LogP contribution in [0.5, 0.6) is 11.5 Å². The lowest BCUT2D eigenvalue weighted by Crippen LogP contribution is -2.08. The number of aryl methyl sites for hydroxylation is 1. The van der Waals surface area contributed by atoms with E-state index >= 15 is 0 Å². The van der Waals surface area contributed by atoms with E-state index in [0.29, 0.717) is 22.8 Å². The first kappa shape index (κ1) is 14.1. The van der Waals surface area contributed by atoms with Gasteiger partial charge in [-0.15, -0.1) is 0 Å². The molecule has 0 bridgehead atoms. The Morgan fingerprint density at radius 1 is 1.15 bits per heavy atom. The third kappa shape index (κ3) is 2.64. The van der Waals surface area contributed by atoms with E-state index in [1.165, 1.54) is 0 Å². The van der Waals surface area contributed by atoms with Crippen LogP contribution in [0.25, 0.3) is 0 Å². The van der Waals surface area contributed by atoms with Gasteiger partial charge >= 0.3 is 0 Å². The van der Waals surface area contributed by atoms with Gasteiger partial charge in [0, 0.05) is 11.8 Å². The third-order valence-corrected chi connectivity index (χ3v) is 3.13. The standard InChI is InChI=1S/C16H17NO3/c1-4-11-6-5-9-17-15(11)16(18)12-7-8-13(19-2)14(10-12)20-3/h5-10H,4H2,1-3H3. The average Bonchev–Trinajstić information content (AvgIpc) is 2.53. The predicted molar refractivity (Wildman–Crippen MR) is 76.6 cm³/mol. The summed E-state index contributed by atoms with van der Waals surface area (Å²) in [6, 6.07) is 8.87. The van der Waals surface area contributed by atoms with Gasteiger partial charge in [-0.1, -0.05) is 13.0 Å². The monoisotopic (exact) mass is 271 g/mol. The maximum Gasteiger partial charge on any atom is 0.211 e. The van der Waals surface area contributed by atoms with Crippen molar-refractivity contribution in [2.24, 2.45) is 0 Å². The average molecular weight is 271 g/mol. The quantitative estimate of drug-likeness (QED) is 0.785. The van der Waals surface area contributed by atoms with Gasteiger partial charge in [0.05, 0.1) is 14.2 Å². The van der Waals surface area contributed by atoms with Gasteiger partial charge in [-0.05, 0) is 36.2 Å². The largest absolute Gasteiger partial charge is 0.493 e. The van der Waals surface area contributed by atoms with E-state index in [2.05, 4.69) is 4.98 Å². The molecule has 1 heterocycles. The molecule has 0 N–H and O–H groups in total. The van der Waals surface area contributed by atoms with E-state index in [9.17, 15) is 4.79 Å². The summed E-state index contributed by atoms with van der Waals surface area (Å²) in [5, 5.41) is 0. The van der Waals surface area contributed by atoms with E-state index in [-0.39, 0.29) is 5.78 Å². The minimum Gasteiger partial charge on any atom is -0.493 e. The Morgan fingerprint density at radius 2 is 1.90 bits per heavy atom. The zero-order chi connectivity index (χ0) is 14.5. The minimum atomic E-state index is -0.108. The van der Waals surface area contributed by atoms with Crippen LogP contribution in [0.2, 0.25) is 0 Å². The summed E-state index contributed by atoms with van der Waals surface area (Å²) < 4.78 is 10.4. The van der Waals surface area contributed by atoms with Crippen molar-refractivity contribution < 1.29 is 14.3 Å². The Bertz CT molecular complexity index is 623. The first-order valence-corrected chi connectivity index (χ1v) is 6.41. The van der Waals surface area contributed by atoms with Crippen molar-refractivity contribution in [2.75, 3.05) is 14.2 Å². The summed E-state index contributed by atoms with van der Waals surface area (Å²) in [6.45, 7) is 2.00. The molecule has 0 unspecified atom stereocenters. The number of rotatable bonds is 5. The first-order chi connectivity index (χ1) is 9.71. The number of pyridine rings is 1. The number of carbonyl (C=O) groups excluding carboxylic acids is 1. The van der Waals surface area contributed by atoms with Gasteiger partial charge in [0.1, 0.15) is 5.69 Å². The summed E-state index contributed by atoms with van der Waals surface area (Å²) in [5.74, 6) is 1.02. The lowest BCUT2D eigenvalue weighted by molar-refractivity contribution is 0.103. The van der Waals surface area contributed by atoms with Crippen LogP contribution in [-0.4, -0.2) is 25.0 Å². The lowest BCUT2D eigenvalue weighted by atomic mass is 10.0. The molecule has 2 aromatic rings. The van der Waals surface area contributed by atoms with E-state index in [4.69, 9.17) is 9.47 Å². The van der Waals surface area contributed by atoms with Crippen LogP contribution in [-0.2, 0) is 6.42 Å². The van der Waals surface area contributed by atoms with Crippen LogP contribution >= 0.6 is 0 Å². The fraction of sp³-hybridized carbons (Fsp3) is 0.250. The number of ketones is 1. The molecule has 2 rings (SSSR count). The van der Waals surface area contributed by atoms with Gasteiger partial charge in [-0.25, -0.2) is 0 Å². The molecule has 0 saturated heterocycles. The highest BCUT2D eigenvalue weighted by Crippen LogP contribution is 2.28. The number of ether oxygens (including phenoxy) is 2. The molecule has 4 heteroatoms. The second-order valence-corrected chi connectivity index (χ2v) is 4.26. The fourth-order valence-electron chi connectivity index (χ4n) is 2.04. The van der Waals surface area contributed by atoms with Crippen molar-refractivity contribution in [3.8, 4) is 11.5 Å². The van der Waals surface area contributed by atoms with Crippen molar-refractivity contribution in [3.63, 3.8) is 0 Å². The molecule has 0 spiro atoms. The van der Waals surface area contributed by atoms with Gasteiger partial charge in [0.15, 0.2) is 11.5 Å². The molecule has 0 aliphatic carbocycles. The summed E-state index contributed by atoms with van der Waals surface area (Å²) >= 11 is 0. The van der Waals surface area contributed by atoms with E-state index < -0.39 is 0 Å². The van der Waals surface area contributed by atoms with Crippen molar-refractivity contribution in [1.82, 2.24) is 4.98 Å². The van der Waals surface area contributed by atoms with E-state index in [1.807, 2.05) is 19.1 Å². The first-order valence-electron chi connectivity index (χ1n) is 6.41. The molecule has 0 aliphatic heterocycles. The smallest absolute Gasteiger partial charge is 0.211 e. The van der Waals surface area contributed by atoms with Gasteiger partial charge in [0.25, 0.3) is 0 Å². The number of aromatic nitrogens is 1. The molecule has 1 aromatic heterocycles. The van der Waals surface area contributed by atoms with E-state index in [0.717, 1.165) is 12.0 Å². The topological polar surface area (TPSA) is 48.4 Å². The zero-order valence-corrected chi connectivity index (χ0v) is 11.8. The molecule has 0 saturated carbocycles. The Labute approximate surface area is 118 Å². The van der Waals surface area contributed by atoms with Gasteiger partial charge in [-0.3, -0.25) is 9.78 Å². The van der Waals surface area contributed by atoms with Crippen LogP contribution in [0.15, 0.2) is 36.5 Å². The number of carbonyl (C=O) groups is 1. The number of nitrogens with zero attached hydrogens (tertiary/aromatic N) is 1. The van der Waals surface area contributed by atoms with Crippen LogP contribution < -0.4 is 9.47 Å². The number of hydrogen-bond acceptors (Lipinski definition) is 4. The molecular formula is C16H17NO3. The molecule has 0 atom stereocenters. The SMILES string of the molecule is CCc1cccnc1C(=O)c1ccc(OC)c(OC)c1. The van der Waals surface area contributed by atoms with Crippen molar-refractivity contribution >= 4 is 5.78 Å². The molecule has 0 fully saturated rings. The van der Waals surface area contributed by atoms with Gasteiger partial charge in [0.2, 0.25) is 5.78 Å². The highest BCUT2D eigenvalue weighted by atomic mass is 16.5. The Balaban J connectivity index is 2.43. The highest BCUT2D eigenvalue weighted by molar-refractivity contribution is 6.08. The Kier molecular flexibility index (Phi) is 4.35. The number of hydrogen-bond donors (Lipinski definition) is 0. The molecule has 0 amide bonds.